The predicted octanol–water partition coefficient (Wildman–Crippen LogP) is 6.54. The number of carbonyl (C=O) groups excluding carboxylic acids is 1. The average molecular weight is 486 g/mol. The molecule has 36 heavy (non-hydrogen) atoms. The summed E-state index contributed by atoms with van der Waals surface area (Å²) in [5.41, 5.74) is 6.13. The number of nitrogens with one attached hydrogen (secondary N) is 1. The van der Waals surface area contributed by atoms with Crippen LogP contribution < -0.4 is 19.5 Å². The van der Waals surface area contributed by atoms with Crippen molar-refractivity contribution >= 4 is 22.4 Å². The SMILES string of the molecule is CCOc1c(/C(C)=C/C(=O)NCc2ccccc2OC)cc2c(-c3cccc(OC)c3)coc2c1C. The summed E-state index contributed by atoms with van der Waals surface area (Å²) in [6.45, 7) is 6.69. The van der Waals surface area contributed by atoms with E-state index in [9.17, 15) is 4.79 Å². The zero-order chi connectivity index (χ0) is 25.7. The zero-order valence-corrected chi connectivity index (χ0v) is 21.3. The summed E-state index contributed by atoms with van der Waals surface area (Å²) in [5.74, 6) is 2.03. The first kappa shape index (κ1) is 24.9. The molecule has 0 radical (unpaired) electrons. The van der Waals surface area contributed by atoms with Gasteiger partial charge in [0.15, 0.2) is 0 Å². The molecule has 0 spiro atoms. The molecule has 1 aromatic heterocycles. The van der Waals surface area contributed by atoms with E-state index in [0.717, 1.165) is 55.9 Å². The van der Waals surface area contributed by atoms with Gasteiger partial charge in [-0.15, -0.1) is 0 Å². The van der Waals surface area contributed by atoms with Gasteiger partial charge in [-0.25, -0.2) is 0 Å². The first-order valence-corrected chi connectivity index (χ1v) is 11.9. The highest BCUT2D eigenvalue weighted by atomic mass is 16.5. The molecule has 1 amide bonds. The van der Waals surface area contributed by atoms with E-state index in [-0.39, 0.29) is 5.91 Å². The monoisotopic (exact) mass is 485 g/mol. The number of ether oxygens (including phenoxy) is 3. The van der Waals surface area contributed by atoms with Crippen LogP contribution in [0.3, 0.4) is 0 Å². The molecular formula is C30H31NO5. The van der Waals surface area contributed by atoms with Crippen LogP contribution in [0.2, 0.25) is 0 Å². The maximum absolute atomic E-state index is 12.8. The minimum Gasteiger partial charge on any atom is -0.497 e. The lowest BCUT2D eigenvalue weighted by Crippen LogP contribution is -2.21. The predicted molar refractivity (Wildman–Crippen MR) is 143 cm³/mol. The Balaban J connectivity index is 1.71. The smallest absolute Gasteiger partial charge is 0.244 e. The third-order valence-electron chi connectivity index (χ3n) is 6.13. The van der Waals surface area contributed by atoms with Crippen molar-refractivity contribution in [3.8, 4) is 28.4 Å². The third kappa shape index (κ3) is 5.08. The van der Waals surface area contributed by atoms with Crippen LogP contribution >= 0.6 is 0 Å². The molecule has 6 nitrogen and oxygen atoms in total. The van der Waals surface area contributed by atoms with Gasteiger partial charge >= 0.3 is 0 Å². The molecule has 0 fully saturated rings. The van der Waals surface area contributed by atoms with Crippen molar-refractivity contribution in [2.45, 2.75) is 27.3 Å². The van der Waals surface area contributed by atoms with E-state index in [1.54, 1.807) is 26.6 Å². The van der Waals surface area contributed by atoms with E-state index in [0.29, 0.717) is 18.9 Å². The quantitative estimate of drug-likeness (QED) is 0.273. The van der Waals surface area contributed by atoms with Gasteiger partial charge in [0.1, 0.15) is 22.8 Å². The number of aryl methyl sites for hydroxylation is 1. The molecule has 186 valence electrons. The highest BCUT2D eigenvalue weighted by Crippen LogP contribution is 2.41. The molecule has 0 atom stereocenters. The number of furan rings is 1. The van der Waals surface area contributed by atoms with Crippen LogP contribution in [0.5, 0.6) is 17.2 Å². The number of para-hydroxylation sites is 1. The summed E-state index contributed by atoms with van der Waals surface area (Å²) in [6.07, 6.45) is 3.36. The molecule has 1 N–H and O–H groups in total. The summed E-state index contributed by atoms with van der Waals surface area (Å²) in [4.78, 5) is 12.8. The standard InChI is InChI=1S/C30H31NO5/c1-6-35-29-20(3)30-25(26(18-36-30)21-11-9-12-23(15-21)33-4)16-24(29)19(2)14-28(32)31-17-22-10-7-8-13-27(22)34-5/h7-16,18H,6,17H2,1-5H3,(H,31,32)/b19-14+. The van der Waals surface area contributed by atoms with Gasteiger partial charge in [-0.1, -0.05) is 30.3 Å². The van der Waals surface area contributed by atoms with Gasteiger partial charge in [0.25, 0.3) is 0 Å². The Hall–Kier alpha value is -4.19. The summed E-state index contributed by atoms with van der Waals surface area (Å²) in [6, 6.07) is 17.5. The van der Waals surface area contributed by atoms with Crippen LogP contribution in [0.25, 0.3) is 27.7 Å². The molecule has 0 aliphatic carbocycles. The Bertz CT molecular complexity index is 1420. The van der Waals surface area contributed by atoms with Crippen molar-refractivity contribution < 1.29 is 23.4 Å². The molecule has 3 aromatic carbocycles. The van der Waals surface area contributed by atoms with Crippen LogP contribution in [0, 0.1) is 6.92 Å². The fourth-order valence-electron chi connectivity index (χ4n) is 4.31. The van der Waals surface area contributed by atoms with Gasteiger partial charge in [-0.3, -0.25) is 4.79 Å². The minimum atomic E-state index is -0.196. The summed E-state index contributed by atoms with van der Waals surface area (Å²) in [5, 5.41) is 3.90. The van der Waals surface area contributed by atoms with Gasteiger partial charge in [0.05, 0.1) is 27.1 Å². The van der Waals surface area contributed by atoms with Crippen molar-refractivity contribution in [1.82, 2.24) is 5.32 Å². The van der Waals surface area contributed by atoms with Gasteiger partial charge in [0, 0.05) is 40.3 Å². The van der Waals surface area contributed by atoms with Crippen molar-refractivity contribution in [3.05, 3.63) is 83.6 Å². The van der Waals surface area contributed by atoms with E-state index >= 15 is 0 Å². The second kappa shape index (κ2) is 11.0. The van der Waals surface area contributed by atoms with Crippen LogP contribution in [0.4, 0.5) is 0 Å². The van der Waals surface area contributed by atoms with Crippen LogP contribution in [0.1, 0.15) is 30.5 Å². The number of hydrogen-bond donors (Lipinski definition) is 1. The number of hydrogen-bond acceptors (Lipinski definition) is 5. The van der Waals surface area contributed by atoms with Crippen LogP contribution in [0.15, 0.2) is 71.4 Å². The summed E-state index contributed by atoms with van der Waals surface area (Å²) in [7, 11) is 3.27. The Morgan fingerprint density at radius 3 is 2.61 bits per heavy atom. The Labute approximate surface area is 211 Å². The van der Waals surface area contributed by atoms with Crippen molar-refractivity contribution in [3.63, 3.8) is 0 Å². The van der Waals surface area contributed by atoms with Gasteiger partial charge in [-0.2, -0.15) is 0 Å². The number of amides is 1. The number of rotatable bonds is 9. The van der Waals surface area contributed by atoms with Gasteiger partial charge in [0.2, 0.25) is 5.91 Å². The largest absolute Gasteiger partial charge is 0.497 e. The maximum Gasteiger partial charge on any atom is 0.244 e. The molecule has 4 aromatic rings. The summed E-state index contributed by atoms with van der Waals surface area (Å²) >= 11 is 0. The molecule has 0 aliphatic heterocycles. The molecule has 0 saturated heterocycles. The number of methoxy groups -OCH3 is 2. The molecule has 0 aliphatic rings. The van der Waals surface area contributed by atoms with E-state index < -0.39 is 0 Å². The van der Waals surface area contributed by atoms with E-state index in [2.05, 4.69) is 5.32 Å². The average Bonchev–Trinajstić information content (AvgIpc) is 3.33. The number of carbonyl (C=O) groups is 1. The van der Waals surface area contributed by atoms with E-state index in [1.165, 1.54) is 0 Å². The zero-order valence-electron chi connectivity index (χ0n) is 21.3. The molecular weight excluding hydrogens is 454 g/mol. The molecule has 4 rings (SSSR count). The lowest BCUT2D eigenvalue weighted by atomic mass is 9.96. The Kier molecular flexibility index (Phi) is 7.64. The van der Waals surface area contributed by atoms with Crippen molar-refractivity contribution in [2.24, 2.45) is 0 Å². The molecule has 0 saturated carbocycles. The highest BCUT2D eigenvalue weighted by Gasteiger charge is 2.19. The maximum atomic E-state index is 12.8. The molecule has 0 unspecified atom stereocenters. The van der Waals surface area contributed by atoms with Crippen molar-refractivity contribution in [1.29, 1.82) is 0 Å². The van der Waals surface area contributed by atoms with Gasteiger partial charge < -0.3 is 23.9 Å². The number of allylic oxidation sites excluding steroid dienone is 1. The number of benzene rings is 3. The van der Waals surface area contributed by atoms with Crippen molar-refractivity contribution in [2.75, 3.05) is 20.8 Å². The third-order valence-corrected chi connectivity index (χ3v) is 6.13. The Morgan fingerprint density at radius 1 is 1.06 bits per heavy atom. The second-order valence-corrected chi connectivity index (χ2v) is 8.43. The lowest BCUT2D eigenvalue weighted by molar-refractivity contribution is -0.116. The van der Waals surface area contributed by atoms with Gasteiger partial charge in [-0.05, 0) is 56.2 Å². The van der Waals surface area contributed by atoms with E-state index in [4.69, 9.17) is 18.6 Å². The minimum absolute atomic E-state index is 0.196. The topological polar surface area (TPSA) is 69.9 Å². The van der Waals surface area contributed by atoms with E-state index in [1.807, 2.05) is 75.4 Å². The second-order valence-electron chi connectivity index (χ2n) is 8.43. The van der Waals surface area contributed by atoms with Crippen LogP contribution in [-0.2, 0) is 11.3 Å². The Morgan fingerprint density at radius 2 is 1.86 bits per heavy atom. The first-order chi connectivity index (χ1) is 17.5. The van der Waals surface area contributed by atoms with Crippen LogP contribution in [-0.4, -0.2) is 26.7 Å². The first-order valence-electron chi connectivity index (χ1n) is 11.9. The fourth-order valence-corrected chi connectivity index (χ4v) is 4.31. The number of fused-ring (bicyclic) bond motifs is 1. The normalized spacial score (nSPS) is 11.4. The molecule has 6 heteroatoms. The summed E-state index contributed by atoms with van der Waals surface area (Å²) < 4.78 is 22.8. The molecule has 1 heterocycles. The molecule has 0 bridgehead atoms. The fraction of sp³-hybridized carbons (Fsp3) is 0.233. The lowest BCUT2D eigenvalue weighted by Gasteiger charge is -2.15. The highest BCUT2D eigenvalue weighted by molar-refractivity contribution is 6.01.